The minimum atomic E-state index is -4.34. The fourth-order valence-electron chi connectivity index (χ4n) is 3.72. The van der Waals surface area contributed by atoms with Crippen molar-refractivity contribution in [3.63, 3.8) is 0 Å². The van der Waals surface area contributed by atoms with Gasteiger partial charge in [-0.15, -0.1) is 11.3 Å². The zero-order chi connectivity index (χ0) is 21.8. The van der Waals surface area contributed by atoms with Crippen molar-refractivity contribution in [2.45, 2.75) is 12.6 Å². The van der Waals surface area contributed by atoms with Crippen LogP contribution in [0.2, 0.25) is 0 Å². The third-order valence-electron chi connectivity index (χ3n) is 5.41. The summed E-state index contributed by atoms with van der Waals surface area (Å²) in [5, 5.41) is 0. The van der Waals surface area contributed by atoms with E-state index in [9.17, 15) is 18.0 Å². The topological polar surface area (TPSA) is 36.4 Å². The summed E-state index contributed by atoms with van der Waals surface area (Å²) < 4.78 is 39.5. The van der Waals surface area contributed by atoms with Gasteiger partial charge >= 0.3 is 6.18 Å². The highest BCUT2D eigenvalue weighted by atomic mass is 32.1. The van der Waals surface area contributed by atoms with Crippen molar-refractivity contribution in [1.82, 2.24) is 14.8 Å². The molecule has 0 saturated carbocycles. The van der Waals surface area contributed by atoms with Gasteiger partial charge in [0.2, 0.25) is 0 Å². The average molecular weight is 446 g/mol. The molecule has 3 aromatic rings. The zero-order valence-electron chi connectivity index (χ0n) is 16.8. The van der Waals surface area contributed by atoms with Gasteiger partial charge in [-0.1, -0.05) is 24.3 Å². The van der Waals surface area contributed by atoms with E-state index in [0.29, 0.717) is 49.6 Å². The number of benzene rings is 1. The van der Waals surface area contributed by atoms with Crippen LogP contribution in [0.4, 0.5) is 13.2 Å². The predicted octanol–water partition coefficient (Wildman–Crippen LogP) is 4.83. The minimum Gasteiger partial charge on any atom is -0.335 e. The van der Waals surface area contributed by atoms with E-state index in [2.05, 4.69) is 9.88 Å². The molecule has 3 heterocycles. The van der Waals surface area contributed by atoms with Crippen LogP contribution in [0.1, 0.15) is 20.8 Å². The Morgan fingerprint density at radius 2 is 1.71 bits per heavy atom. The van der Waals surface area contributed by atoms with E-state index < -0.39 is 11.7 Å². The number of nitrogens with zero attached hydrogens (tertiary/aromatic N) is 3. The summed E-state index contributed by atoms with van der Waals surface area (Å²) in [6.07, 6.45) is -2.28. The van der Waals surface area contributed by atoms with Crippen LogP contribution >= 0.6 is 11.3 Å². The normalized spacial score (nSPS) is 15.3. The average Bonchev–Trinajstić information content (AvgIpc) is 3.28. The number of hydrogen-bond acceptors (Lipinski definition) is 4. The van der Waals surface area contributed by atoms with Crippen molar-refractivity contribution >= 4 is 17.2 Å². The summed E-state index contributed by atoms with van der Waals surface area (Å²) in [5.74, 6) is -0.00533. The lowest BCUT2D eigenvalue weighted by molar-refractivity contribution is -0.138. The molecule has 1 amide bonds. The molecular formula is C23H22F3N3OS. The van der Waals surface area contributed by atoms with Crippen molar-refractivity contribution in [2.24, 2.45) is 0 Å². The van der Waals surface area contributed by atoms with Gasteiger partial charge in [-0.25, -0.2) is 0 Å². The van der Waals surface area contributed by atoms with Gasteiger partial charge in [-0.05, 0) is 42.3 Å². The maximum absolute atomic E-state index is 13.2. The van der Waals surface area contributed by atoms with Crippen molar-refractivity contribution < 1.29 is 18.0 Å². The Morgan fingerprint density at radius 3 is 2.42 bits per heavy atom. The zero-order valence-corrected chi connectivity index (χ0v) is 17.6. The largest absolute Gasteiger partial charge is 0.416 e. The number of amides is 1. The van der Waals surface area contributed by atoms with E-state index >= 15 is 0 Å². The molecule has 162 valence electrons. The Morgan fingerprint density at radius 1 is 0.968 bits per heavy atom. The second-order valence-corrected chi connectivity index (χ2v) is 8.50. The first-order valence-corrected chi connectivity index (χ1v) is 10.9. The van der Waals surface area contributed by atoms with Crippen LogP contribution < -0.4 is 0 Å². The summed E-state index contributed by atoms with van der Waals surface area (Å²) in [4.78, 5) is 22.7. The fourth-order valence-corrected chi connectivity index (χ4v) is 4.67. The third-order valence-corrected chi connectivity index (χ3v) is 6.51. The smallest absolute Gasteiger partial charge is 0.335 e. The molecule has 4 rings (SSSR count). The lowest BCUT2D eigenvalue weighted by Gasteiger charge is -2.34. The van der Waals surface area contributed by atoms with E-state index in [1.54, 1.807) is 18.3 Å². The maximum Gasteiger partial charge on any atom is 0.416 e. The van der Waals surface area contributed by atoms with Crippen molar-refractivity contribution in [3.8, 4) is 10.6 Å². The molecular weight excluding hydrogens is 423 g/mol. The summed E-state index contributed by atoms with van der Waals surface area (Å²) in [7, 11) is 0. The Kier molecular flexibility index (Phi) is 6.38. The van der Waals surface area contributed by atoms with E-state index in [1.165, 1.54) is 17.4 Å². The van der Waals surface area contributed by atoms with Crippen LogP contribution in [0.15, 0.2) is 60.8 Å². The SMILES string of the molecule is O=C(c1ccc(-c2ccccn2)s1)N1CCN(CCc2ccccc2C(F)(F)F)CC1. The number of pyridine rings is 1. The second-order valence-electron chi connectivity index (χ2n) is 7.42. The summed E-state index contributed by atoms with van der Waals surface area (Å²) in [5.41, 5.74) is 0.592. The monoisotopic (exact) mass is 445 g/mol. The van der Waals surface area contributed by atoms with Gasteiger partial charge in [-0.2, -0.15) is 13.2 Å². The lowest BCUT2D eigenvalue weighted by Crippen LogP contribution is -2.49. The molecule has 0 unspecified atom stereocenters. The van der Waals surface area contributed by atoms with Crippen LogP contribution in [0.25, 0.3) is 10.6 Å². The Bertz CT molecular complexity index is 1030. The number of piperazine rings is 1. The molecule has 1 saturated heterocycles. The molecule has 0 bridgehead atoms. The number of carbonyl (C=O) groups excluding carboxylic acids is 1. The first-order chi connectivity index (χ1) is 14.9. The number of halogens is 3. The molecule has 0 radical (unpaired) electrons. The highest BCUT2D eigenvalue weighted by molar-refractivity contribution is 7.17. The van der Waals surface area contributed by atoms with Gasteiger partial charge in [0, 0.05) is 38.9 Å². The second kappa shape index (κ2) is 9.20. The molecule has 4 nitrogen and oxygen atoms in total. The lowest BCUT2D eigenvalue weighted by atomic mass is 10.0. The number of carbonyl (C=O) groups is 1. The van der Waals surface area contributed by atoms with Crippen LogP contribution in [-0.4, -0.2) is 53.4 Å². The standard InChI is InChI=1S/C23H22F3N3OS/c24-23(25,26)18-6-2-1-5-17(18)10-12-28-13-15-29(16-14-28)22(30)21-9-8-20(31-21)19-7-3-4-11-27-19/h1-9,11H,10,12-16H2. The molecule has 1 fully saturated rings. The molecule has 2 aromatic heterocycles. The van der Waals surface area contributed by atoms with E-state index in [0.717, 1.165) is 16.6 Å². The molecule has 1 aliphatic heterocycles. The van der Waals surface area contributed by atoms with E-state index in [4.69, 9.17) is 0 Å². The van der Waals surface area contributed by atoms with Gasteiger partial charge in [0.15, 0.2) is 0 Å². The molecule has 0 spiro atoms. The van der Waals surface area contributed by atoms with E-state index in [1.807, 2.05) is 35.2 Å². The van der Waals surface area contributed by atoms with Gasteiger partial charge in [0.1, 0.15) is 0 Å². The van der Waals surface area contributed by atoms with Gasteiger partial charge in [-0.3, -0.25) is 14.7 Å². The van der Waals surface area contributed by atoms with Crippen LogP contribution in [0.5, 0.6) is 0 Å². The molecule has 31 heavy (non-hydrogen) atoms. The Hall–Kier alpha value is -2.71. The summed E-state index contributed by atoms with van der Waals surface area (Å²) in [6.45, 7) is 2.97. The van der Waals surface area contributed by atoms with Gasteiger partial charge in [0.25, 0.3) is 5.91 Å². The van der Waals surface area contributed by atoms with Crippen molar-refractivity contribution in [2.75, 3.05) is 32.7 Å². The summed E-state index contributed by atoms with van der Waals surface area (Å²) >= 11 is 1.43. The van der Waals surface area contributed by atoms with Gasteiger partial charge < -0.3 is 4.90 Å². The highest BCUT2D eigenvalue weighted by Crippen LogP contribution is 2.32. The Balaban J connectivity index is 1.31. The molecule has 0 atom stereocenters. The molecule has 0 N–H and O–H groups in total. The molecule has 0 aliphatic carbocycles. The Labute approximate surface area is 182 Å². The fraction of sp³-hybridized carbons (Fsp3) is 0.304. The number of hydrogen-bond donors (Lipinski definition) is 0. The third kappa shape index (κ3) is 5.14. The number of aromatic nitrogens is 1. The first-order valence-electron chi connectivity index (χ1n) is 10.1. The molecule has 8 heteroatoms. The van der Waals surface area contributed by atoms with Gasteiger partial charge in [0.05, 0.1) is 21.0 Å². The van der Waals surface area contributed by atoms with Crippen LogP contribution in [-0.2, 0) is 12.6 Å². The van der Waals surface area contributed by atoms with Crippen LogP contribution in [0, 0.1) is 0 Å². The summed E-state index contributed by atoms with van der Waals surface area (Å²) in [6, 6.07) is 15.1. The first kappa shape index (κ1) is 21.5. The number of rotatable bonds is 5. The van der Waals surface area contributed by atoms with E-state index in [-0.39, 0.29) is 5.91 Å². The number of alkyl halides is 3. The highest BCUT2D eigenvalue weighted by Gasteiger charge is 2.33. The molecule has 1 aromatic carbocycles. The quantitative estimate of drug-likeness (QED) is 0.565. The maximum atomic E-state index is 13.2. The number of thiophene rings is 1. The molecule has 1 aliphatic rings. The van der Waals surface area contributed by atoms with Crippen LogP contribution in [0.3, 0.4) is 0 Å². The predicted molar refractivity (Wildman–Crippen MR) is 115 cm³/mol. The minimum absolute atomic E-state index is 0.00533. The van der Waals surface area contributed by atoms with Crippen molar-refractivity contribution in [1.29, 1.82) is 0 Å². The van der Waals surface area contributed by atoms with Crippen molar-refractivity contribution in [3.05, 3.63) is 76.8 Å².